The predicted molar refractivity (Wildman–Crippen MR) is 60.9 cm³/mol. The van der Waals surface area contributed by atoms with Crippen LogP contribution in [0.4, 0.5) is 8.78 Å². The normalized spacial score (nSPS) is 10.6. The van der Waals surface area contributed by atoms with E-state index in [9.17, 15) is 13.6 Å². The van der Waals surface area contributed by atoms with Crippen LogP contribution in [0.15, 0.2) is 10.5 Å². The van der Waals surface area contributed by atoms with Gasteiger partial charge in [0.2, 0.25) is 0 Å². The molecule has 16 heavy (non-hydrogen) atoms. The number of pyridine rings is 1. The zero-order valence-electron chi connectivity index (χ0n) is 8.14. The van der Waals surface area contributed by atoms with Crippen molar-refractivity contribution < 1.29 is 18.3 Å². The molecule has 1 aromatic rings. The number of methoxy groups -OCH3 is 1. The Morgan fingerprint density at radius 1 is 1.62 bits per heavy atom. The number of carbonyl (C=O) groups excluding carboxylic acids is 1. The van der Waals surface area contributed by atoms with Gasteiger partial charge in [-0.1, -0.05) is 15.9 Å². The van der Waals surface area contributed by atoms with Gasteiger partial charge in [0.15, 0.2) is 0 Å². The minimum atomic E-state index is -2.68. The summed E-state index contributed by atoms with van der Waals surface area (Å²) >= 11 is 6.14. The Labute approximate surface area is 107 Å². The number of carbonyl (C=O) groups is 1. The number of hydrogen-bond donors (Lipinski definition) is 0. The summed E-state index contributed by atoms with van der Waals surface area (Å²) < 4.78 is 29.7. The van der Waals surface area contributed by atoms with Gasteiger partial charge in [0.05, 0.1) is 18.4 Å². The molecule has 0 saturated heterocycles. The highest BCUT2D eigenvalue weighted by Crippen LogP contribution is 2.27. The van der Waals surface area contributed by atoms with Gasteiger partial charge in [0.1, 0.15) is 5.69 Å². The number of esters is 1. The number of nitrogens with zero attached hydrogens (tertiary/aromatic N) is 1. The summed E-state index contributed by atoms with van der Waals surface area (Å²) in [6.45, 7) is 0. The third kappa shape index (κ3) is 2.76. The lowest BCUT2D eigenvalue weighted by Gasteiger charge is -2.09. The van der Waals surface area contributed by atoms with Crippen LogP contribution in [0.1, 0.15) is 28.2 Å². The maximum atomic E-state index is 12.5. The fourth-order valence-corrected chi connectivity index (χ4v) is 2.14. The molecule has 0 saturated carbocycles. The van der Waals surface area contributed by atoms with Crippen LogP contribution in [0.5, 0.6) is 0 Å². The van der Waals surface area contributed by atoms with Gasteiger partial charge in [-0.2, -0.15) is 0 Å². The van der Waals surface area contributed by atoms with Crippen molar-refractivity contribution in [2.24, 2.45) is 0 Å². The third-order valence-electron chi connectivity index (χ3n) is 1.81. The standard InChI is InChI=1S/C9H7Br2F2NO2/c1-16-9(15)7-4(11)2-5(8(12)13)14-6(7)3-10/h2,8H,3H2,1H3. The van der Waals surface area contributed by atoms with Crippen molar-refractivity contribution in [2.75, 3.05) is 7.11 Å². The summed E-state index contributed by atoms with van der Waals surface area (Å²) in [5, 5.41) is 0.191. The van der Waals surface area contributed by atoms with E-state index in [0.29, 0.717) is 0 Å². The Balaban J connectivity index is 3.34. The molecule has 0 radical (unpaired) electrons. The maximum Gasteiger partial charge on any atom is 0.340 e. The molecule has 0 bridgehead atoms. The van der Waals surface area contributed by atoms with Crippen molar-refractivity contribution in [1.82, 2.24) is 4.98 Å². The van der Waals surface area contributed by atoms with Crippen molar-refractivity contribution in [3.8, 4) is 0 Å². The fourth-order valence-electron chi connectivity index (χ4n) is 1.11. The summed E-state index contributed by atoms with van der Waals surface area (Å²) in [4.78, 5) is 15.1. The van der Waals surface area contributed by atoms with Crippen LogP contribution >= 0.6 is 31.9 Å². The molecule has 0 atom stereocenters. The zero-order valence-corrected chi connectivity index (χ0v) is 11.3. The second-order valence-corrected chi connectivity index (χ2v) is 4.19. The van der Waals surface area contributed by atoms with E-state index in [0.717, 1.165) is 6.07 Å². The first-order valence-electron chi connectivity index (χ1n) is 4.13. The van der Waals surface area contributed by atoms with Gasteiger partial charge in [0.25, 0.3) is 6.43 Å². The molecule has 0 fully saturated rings. The molecular formula is C9H7Br2F2NO2. The van der Waals surface area contributed by atoms with Crippen LogP contribution in [0.2, 0.25) is 0 Å². The Bertz CT molecular complexity index is 413. The van der Waals surface area contributed by atoms with E-state index in [1.54, 1.807) is 0 Å². The largest absolute Gasteiger partial charge is 0.465 e. The molecule has 1 rings (SSSR count). The lowest BCUT2D eigenvalue weighted by Crippen LogP contribution is -2.09. The van der Waals surface area contributed by atoms with Crippen LogP contribution in [0, 0.1) is 0 Å². The van der Waals surface area contributed by atoms with E-state index >= 15 is 0 Å². The Morgan fingerprint density at radius 2 is 2.25 bits per heavy atom. The molecule has 0 aliphatic heterocycles. The fraction of sp³-hybridized carbons (Fsp3) is 0.333. The van der Waals surface area contributed by atoms with Crippen molar-refractivity contribution in [2.45, 2.75) is 11.8 Å². The highest BCUT2D eigenvalue weighted by atomic mass is 79.9. The van der Waals surface area contributed by atoms with Gasteiger partial charge < -0.3 is 4.74 Å². The number of rotatable bonds is 3. The quantitative estimate of drug-likeness (QED) is 0.613. The number of hydrogen-bond acceptors (Lipinski definition) is 3. The van der Waals surface area contributed by atoms with Crippen molar-refractivity contribution in [1.29, 1.82) is 0 Å². The minimum absolute atomic E-state index is 0.156. The predicted octanol–water partition coefficient (Wildman–Crippen LogP) is 3.46. The zero-order chi connectivity index (χ0) is 12.3. The molecule has 0 N–H and O–H groups in total. The molecule has 1 heterocycles. The van der Waals surface area contributed by atoms with E-state index < -0.39 is 12.4 Å². The molecule has 3 nitrogen and oxygen atoms in total. The average molecular weight is 359 g/mol. The monoisotopic (exact) mass is 357 g/mol. The van der Waals surface area contributed by atoms with Gasteiger partial charge >= 0.3 is 5.97 Å². The number of ether oxygens (including phenoxy) is 1. The second-order valence-electron chi connectivity index (χ2n) is 2.78. The molecule has 0 aliphatic carbocycles. The first-order valence-corrected chi connectivity index (χ1v) is 6.04. The molecule has 0 unspecified atom stereocenters. The topological polar surface area (TPSA) is 39.2 Å². The molecule has 0 aromatic carbocycles. The Hall–Kier alpha value is -0.560. The first kappa shape index (κ1) is 13.5. The van der Waals surface area contributed by atoms with Crippen LogP contribution < -0.4 is 0 Å². The van der Waals surface area contributed by atoms with Gasteiger partial charge in [-0.15, -0.1) is 0 Å². The maximum absolute atomic E-state index is 12.5. The van der Waals surface area contributed by atoms with Gasteiger partial charge in [-0.05, 0) is 22.0 Å². The van der Waals surface area contributed by atoms with Crippen molar-refractivity contribution in [3.05, 3.63) is 27.5 Å². The molecule has 7 heteroatoms. The van der Waals surface area contributed by atoms with Gasteiger partial charge in [0, 0.05) is 9.80 Å². The number of aromatic nitrogens is 1. The van der Waals surface area contributed by atoms with E-state index in [2.05, 4.69) is 41.6 Å². The van der Waals surface area contributed by atoms with Crippen molar-refractivity contribution in [3.63, 3.8) is 0 Å². The van der Waals surface area contributed by atoms with E-state index in [1.165, 1.54) is 7.11 Å². The summed E-state index contributed by atoms with van der Waals surface area (Å²) in [5.41, 5.74) is -0.00530. The van der Waals surface area contributed by atoms with Crippen LogP contribution in [0.3, 0.4) is 0 Å². The van der Waals surface area contributed by atoms with Gasteiger partial charge in [-0.25, -0.2) is 18.6 Å². The lowest BCUT2D eigenvalue weighted by atomic mass is 10.2. The first-order chi connectivity index (χ1) is 7.51. The average Bonchev–Trinajstić information content (AvgIpc) is 2.26. The van der Waals surface area contributed by atoms with Gasteiger partial charge in [-0.3, -0.25) is 0 Å². The van der Waals surface area contributed by atoms with E-state index in [4.69, 9.17) is 0 Å². The van der Waals surface area contributed by atoms with E-state index in [1.807, 2.05) is 0 Å². The number of halogens is 4. The summed E-state index contributed by atoms with van der Waals surface area (Å²) in [6.07, 6.45) is -2.68. The molecular weight excluding hydrogens is 352 g/mol. The number of alkyl halides is 3. The van der Waals surface area contributed by atoms with Crippen LogP contribution in [-0.4, -0.2) is 18.1 Å². The highest BCUT2D eigenvalue weighted by Gasteiger charge is 2.20. The molecule has 1 aromatic heterocycles. The Morgan fingerprint density at radius 3 is 2.69 bits per heavy atom. The minimum Gasteiger partial charge on any atom is -0.465 e. The smallest absolute Gasteiger partial charge is 0.340 e. The third-order valence-corrected chi connectivity index (χ3v) is 2.96. The van der Waals surface area contributed by atoms with Crippen LogP contribution in [0.25, 0.3) is 0 Å². The highest BCUT2D eigenvalue weighted by molar-refractivity contribution is 9.10. The van der Waals surface area contributed by atoms with Crippen LogP contribution in [-0.2, 0) is 10.1 Å². The van der Waals surface area contributed by atoms with E-state index in [-0.39, 0.29) is 26.8 Å². The molecule has 0 spiro atoms. The molecule has 0 amide bonds. The second kappa shape index (κ2) is 5.67. The molecule has 88 valence electrons. The summed E-state index contributed by atoms with van der Waals surface area (Å²) in [5.74, 6) is -0.616. The molecule has 0 aliphatic rings. The Kier molecular flexibility index (Phi) is 4.79. The summed E-state index contributed by atoms with van der Waals surface area (Å²) in [6, 6.07) is 1.11. The SMILES string of the molecule is COC(=O)c1c(Br)cc(C(F)F)nc1CBr. The summed E-state index contributed by atoms with van der Waals surface area (Å²) in [7, 11) is 1.22. The lowest BCUT2D eigenvalue weighted by molar-refractivity contribution is 0.0597. The van der Waals surface area contributed by atoms with Crippen molar-refractivity contribution >= 4 is 37.8 Å².